The van der Waals surface area contributed by atoms with Crippen molar-refractivity contribution in [3.63, 3.8) is 0 Å². The van der Waals surface area contributed by atoms with E-state index in [1.165, 1.54) is 5.56 Å². The van der Waals surface area contributed by atoms with Gasteiger partial charge in [-0.1, -0.05) is 6.07 Å². The molecular weight excluding hydrogens is 236 g/mol. The summed E-state index contributed by atoms with van der Waals surface area (Å²) in [7, 11) is 0. The van der Waals surface area contributed by atoms with E-state index in [9.17, 15) is 0 Å². The largest absolute Gasteiger partial charge is 0.455 e. The molecule has 0 unspecified atom stereocenters. The van der Waals surface area contributed by atoms with Crippen LogP contribution in [0.5, 0.6) is 11.5 Å². The van der Waals surface area contributed by atoms with E-state index in [1.807, 2.05) is 26.8 Å². The van der Waals surface area contributed by atoms with Crippen molar-refractivity contribution in [2.75, 3.05) is 5.73 Å². The molecule has 0 aliphatic rings. The quantitative estimate of drug-likeness (QED) is 0.826. The second-order valence-corrected chi connectivity index (χ2v) is 4.67. The van der Waals surface area contributed by atoms with Crippen molar-refractivity contribution in [1.82, 2.24) is 0 Å². The van der Waals surface area contributed by atoms with Crippen LogP contribution < -0.4 is 10.5 Å². The summed E-state index contributed by atoms with van der Waals surface area (Å²) >= 11 is 0. The summed E-state index contributed by atoms with van der Waals surface area (Å²) < 4.78 is 5.87. The molecule has 2 aromatic rings. The minimum absolute atomic E-state index is 0.521. The number of anilines is 1. The third-order valence-corrected chi connectivity index (χ3v) is 3.13. The molecule has 0 radical (unpaired) electrons. The molecule has 19 heavy (non-hydrogen) atoms. The molecule has 0 amide bonds. The van der Waals surface area contributed by atoms with Gasteiger partial charge in [-0.05, 0) is 55.7 Å². The Bertz CT molecular complexity index is 669. The predicted octanol–water partition coefficient (Wildman–Crippen LogP) is 3.86. The van der Waals surface area contributed by atoms with Crippen LogP contribution >= 0.6 is 0 Å². The summed E-state index contributed by atoms with van der Waals surface area (Å²) in [6, 6.07) is 11.2. The van der Waals surface area contributed by atoms with Crippen LogP contribution in [0.15, 0.2) is 30.3 Å². The number of nitrogen functional groups attached to an aromatic ring is 1. The first-order valence-electron chi connectivity index (χ1n) is 6.06. The van der Waals surface area contributed by atoms with Crippen LogP contribution in [0, 0.1) is 32.1 Å². The highest BCUT2D eigenvalue weighted by molar-refractivity contribution is 5.58. The molecule has 0 fully saturated rings. The lowest BCUT2D eigenvalue weighted by molar-refractivity contribution is 0.480. The van der Waals surface area contributed by atoms with Crippen LogP contribution in [-0.4, -0.2) is 0 Å². The monoisotopic (exact) mass is 252 g/mol. The fourth-order valence-electron chi connectivity index (χ4n) is 1.92. The van der Waals surface area contributed by atoms with Gasteiger partial charge in [0, 0.05) is 6.07 Å². The average molecular weight is 252 g/mol. The Morgan fingerprint density at radius 3 is 2.47 bits per heavy atom. The van der Waals surface area contributed by atoms with E-state index in [0.717, 1.165) is 16.9 Å². The van der Waals surface area contributed by atoms with Gasteiger partial charge in [0.05, 0.1) is 17.3 Å². The Morgan fingerprint density at radius 2 is 1.79 bits per heavy atom. The number of benzene rings is 2. The normalized spacial score (nSPS) is 10.0. The maximum Gasteiger partial charge on any atom is 0.151 e. The zero-order valence-corrected chi connectivity index (χ0v) is 11.3. The van der Waals surface area contributed by atoms with Crippen molar-refractivity contribution in [1.29, 1.82) is 5.26 Å². The molecule has 3 heteroatoms. The van der Waals surface area contributed by atoms with E-state index < -0.39 is 0 Å². The molecule has 0 atom stereocenters. The molecule has 0 saturated heterocycles. The van der Waals surface area contributed by atoms with Crippen molar-refractivity contribution < 1.29 is 4.74 Å². The van der Waals surface area contributed by atoms with E-state index in [2.05, 4.69) is 12.1 Å². The highest BCUT2D eigenvalue weighted by Gasteiger charge is 2.08. The van der Waals surface area contributed by atoms with Crippen molar-refractivity contribution in [3.8, 4) is 17.6 Å². The van der Waals surface area contributed by atoms with Gasteiger partial charge in [-0.3, -0.25) is 0 Å². The number of aryl methyl sites for hydroxylation is 2. The maximum absolute atomic E-state index is 8.92. The molecular formula is C16H16N2O. The maximum atomic E-state index is 8.92. The Kier molecular flexibility index (Phi) is 3.43. The molecule has 2 rings (SSSR count). The first-order valence-corrected chi connectivity index (χ1v) is 6.06. The molecule has 0 aromatic heterocycles. The van der Waals surface area contributed by atoms with E-state index in [4.69, 9.17) is 15.7 Å². The summed E-state index contributed by atoms with van der Waals surface area (Å²) in [5.74, 6) is 1.30. The van der Waals surface area contributed by atoms with E-state index >= 15 is 0 Å². The SMILES string of the molecule is Cc1cc(C)c(C)c(Oc2cc(C#N)ccc2N)c1. The van der Waals surface area contributed by atoms with Gasteiger partial charge in [0.2, 0.25) is 0 Å². The fourth-order valence-corrected chi connectivity index (χ4v) is 1.92. The molecule has 3 nitrogen and oxygen atoms in total. The molecule has 0 bridgehead atoms. The third-order valence-electron chi connectivity index (χ3n) is 3.13. The first kappa shape index (κ1) is 13.0. The van der Waals surface area contributed by atoms with Crippen molar-refractivity contribution in [2.24, 2.45) is 0 Å². The Morgan fingerprint density at radius 1 is 1.05 bits per heavy atom. The molecule has 0 spiro atoms. The molecule has 2 aromatic carbocycles. The zero-order chi connectivity index (χ0) is 14.0. The summed E-state index contributed by atoms with van der Waals surface area (Å²) in [6.45, 7) is 6.08. The van der Waals surface area contributed by atoms with Crippen molar-refractivity contribution >= 4 is 5.69 Å². The number of rotatable bonds is 2. The first-order chi connectivity index (χ1) is 9.01. The molecule has 0 aliphatic carbocycles. The van der Waals surface area contributed by atoms with Gasteiger partial charge in [-0.15, -0.1) is 0 Å². The highest BCUT2D eigenvalue weighted by Crippen LogP contribution is 2.32. The summed E-state index contributed by atoms with van der Waals surface area (Å²) in [5.41, 5.74) is 10.3. The highest BCUT2D eigenvalue weighted by atomic mass is 16.5. The fraction of sp³-hybridized carbons (Fsp3) is 0.188. The molecule has 2 N–H and O–H groups in total. The van der Waals surface area contributed by atoms with Gasteiger partial charge < -0.3 is 10.5 Å². The van der Waals surface area contributed by atoms with Gasteiger partial charge in [-0.25, -0.2) is 0 Å². The lowest BCUT2D eigenvalue weighted by Crippen LogP contribution is -1.96. The lowest BCUT2D eigenvalue weighted by atomic mass is 10.1. The van der Waals surface area contributed by atoms with Gasteiger partial charge >= 0.3 is 0 Å². The number of hydrogen-bond acceptors (Lipinski definition) is 3. The number of nitrogens with two attached hydrogens (primary N) is 1. The smallest absolute Gasteiger partial charge is 0.151 e. The van der Waals surface area contributed by atoms with Gasteiger partial charge in [-0.2, -0.15) is 5.26 Å². The van der Waals surface area contributed by atoms with Gasteiger partial charge in [0.25, 0.3) is 0 Å². The standard InChI is InChI=1S/C16H16N2O/c1-10-6-11(2)12(3)15(7-10)19-16-8-13(9-17)4-5-14(16)18/h4-8H,18H2,1-3H3. The molecule has 0 saturated carbocycles. The molecule has 0 aliphatic heterocycles. The van der Waals surface area contributed by atoms with Crippen LogP contribution in [0.2, 0.25) is 0 Å². The van der Waals surface area contributed by atoms with Crippen LogP contribution in [0.3, 0.4) is 0 Å². The summed E-state index contributed by atoms with van der Waals surface area (Å²) in [5, 5.41) is 8.92. The van der Waals surface area contributed by atoms with E-state index in [-0.39, 0.29) is 0 Å². The second kappa shape index (κ2) is 5.03. The van der Waals surface area contributed by atoms with Crippen LogP contribution in [-0.2, 0) is 0 Å². The van der Waals surface area contributed by atoms with Gasteiger partial charge in [0.1, 0.15) is 5.75 Å². The summed E-state index contributed by atoms with van der Waals surface area (Å²) in [6.07, 6.45) is 0. The zero-order valence-electron chi connectivity index (χ0n) is 11.3. The minimum Gasteiger partial charge on any atom is -0.455 e. The van der Waals surface area contributed by atoms with Gasteiger partial charge in [0.15, 0.2) is 5.75 Å². The number of hydrogen-bond donors (Lipinski definition) is 1. The average Bonchev–Trinajstić information content (AvgIpc) is 2.38. The van der Waals surface area contributed by atoms with E-state index in [1.54, 1.807) is 18.2 Å². The molecule has 96 valence electrons. The third kappa shape index (κ3) is 2.69. The Labute approximate surface area is 113 Å². The van der Waals surface area contributed by atoms with Crippen molar-refractivity contribution in [3.05, 3.63) is 52.6 Å². The Hall–Kier alpha value is -2.47. The van der Waals surface area contributed by atoms with E-state index in [0.29, 0.717) is 17.0 Å². The number of nitrogens with zero attached hydrogens (tertiary/aromatic N) is 1. The number of ether oxygens (including phenoxy) is 1. The molecule has 0 heterocycles. The summed E-state index contributed by atoms with van der Waals surface area (Å²) in [4.78, 5) is 0. The van der Waals surface area contributed by atoms with Crippen LogP contribution in [0.4, 0.5) is 5.69 Å². The predicted molar refractivity (Wildman–Crippen MR) is 76.3 cm³/mol. The topological polar surface area (TPSA) is 59.0 Å². The second-order valence-electron chi connectivity index (χ2n) is 4.67. The Balaban J connectivity index is 2.44. The van der Waals surface area contributed by atoms with Crippen LogP contribution in [0.25, 0.3) is 0 Å². The van der Waals surface area contributed by atoms with Crippen LogP contribution in [0.1, 0.15) is 22.3 Å². The number of nitriles is 1. The minimum atomic E-state index is 0.521. The van der Waals surface area contributed by atoms with Crippen molar-refractivity contribution in [2.45, 2.75) is 20.8 Å². The lowest BCUT2D eigenvalue weighted by Gasteiger charge is -2.13.